The van der Waals surface area contributed by atoms with Gasteiger partial charge in [-0.3, -0.25) is 0 Å². The Hall–Kier alpha value is -0.840. The van der Waals surface area contributed by atoms with Gasteiger partial charge in [0.2, 0.25) is 0 Å². The Morgan fingerprint density at radius 3 is 2.94 bits per heavy atom. The van der Waals surface area contributed by atoms with Gasteiger partial charge in [0.15, 0.2) is 0 Å². The Kier molecular flexibility index (Phi) is 6.93. The van der Waals surface area contributed by atoms with Gasteiger partial charge in [-0.1, -0.05) is 6.92 Å². The van der Waals surface area contributed by atoms with Crippen LogP contribution in [0.4, 0.5) is 0 Å². The fourth-order valence-electron chi connectivity index (χ4n) is 1.42. The van der Waals surface area contributed by atoms with Crippen LogP contribution < -0.4 is 5.32 Å². The second kappa shape index (κ2) is 8.28. The monoisotopic (exact) mass is 241 g/mol. The molecule has 4 heteroatoms. The fourth-order valence-corrected chi connectivity index (χ4v) is 1.42. The zero-order valence-electron chi connectivity index (χ0n) is 11.0. The molecule has 98 valence electrons. The first kappa shape index (κ1) is 14.2. The Morgan fingerprint density at radius 1 is 1.41 bits per heavy atom. The van der Waals surface area contributed by atoms with Crippen molar-refractivity contribution in [3.63, 3.8) is 0 Å². The number of furan rings is 1. The summed E-state index contributed by atoms with van der Waals surface area (Å²) >= 11 is 0. The van der Waals surface area contributed by atoms with E-state index < -0.39 is 0 Å². The van der Waals surface area contributed by atoms with Crippen molar-refractivity contribution in [1.29, 1.82) is 0 Å². The maximum Gasteiger partial charge on any atom is 0.129 e. The summed E-state index contributed by atoms with van der Waals surface area (Å²) in [5.74, 6) is 0.862. The summed E-state index contributed by atoms with van der Waals surface area (Å²) in [6.07, 6.45) is 1.87. The van der Waals surface area contributed by atoms with Crippen LogP contribution in [0.3, 0.4) is 0 Å². The Labute approximate surface area is 103 Å². The predicted molar refractivity (Wildman–Crippen MR) is 66.8 cm³/mol. The molecule has 1 atom stereocenters. The number of rotatable bonds is 9. The normalized spacial score (nSPS) is 12.9. The molecule has 0 aliphatic heterocycles. The van der Waals surface area contributed by atoms with Gasteiger partial charge in [-0.25, -0.2) is 0 Å². The summed E-state index contributed by atoms with van der Waals surface area (Å²) in [5, 5.41) is 3.25. The molecule has 0 bridgehead atoms. The molecule has 0 radical (unpaired) electrons. The van der Waals surface area contributed by atoms with Crippen molar-refractivity contribution in [2.24, 2.45) is 0 Å². The smallest absolute Gasteiger partial charge is 0.129 e. The number of nitrogens with one attached hydrogen (secondary N) is 1. The van der Waals surface area contributed by atoms with Crippen molar-refractivity contribution >= 4 is 0 Å². The van der Waals surface area contributed by atoms with Gasteiger partial charge in [-0.05, 0) is 26.5 Å². The first-order valence-electron chi connectivity index (χ1n) is 6.22. The lowest BCUT2D eigenvalue weighted by Crippen LogP contribution is -2.15. The lowest BCUT2D eigenvalue weighted by molar-refractivity contribution is -0.0170. The molecule has 1 aromatic rings. The Morgan fingerprint density at radius 2 is 2.24 bits per heavy atom. The highest BCUT2D eigenvalue weighted by molar-refractivity contribution is 5.11. The van der Waals surface area contributed by atoms with Gasteiger partial charge in [0.25, 0.3) is 0 Å². The number of hydrogen-bond donors (Lipinski definition) is 1. The van der Waals surface area contributed by atoms with Gasteiger partial charge in [-0.15, -0.1) is 0 Å². The van der Waals surface area contributed by atoms with Crippen LogP contribution in [0.25, 0.3) is 0 Å². The molecule has 1 aromatic heterocycles. The minimum atomic E-state index is 0.0947. The number of hydrogen-bond acceptors (Lipinski definition) is 4. The largest absolute Gasteiger partial charge is 0.467 e. The van der Waals surface area contributed by atoms with E-state index >= 15 is 0 Å². The second-order valence-electron chi connectivity index (χ2n) is 3.98. The van der Waals surface area contributed by atoms with E-state index in [1.807, 2.05) is 19.9 Å². The third kappa shape index (κ3) is 5.86. The van der Waals surface area contributed by atoms with Gasteiger partial charge in [0.05, 0.1) is 19.0 Å². The summed E-state index contributed by atoms with van der Waals surface area (Å²) in [4.78, 5) is 0. The van der Waals surface area contributed by atoms with Crippen molar-refractivity contribution in [1.82, 2.24) is 5.32 Å². The summed E-state index contributed by atoms with van der Waals surface area (Å²) in [6.45, 7) is 9.71. The molecule has 1 rings (SSSR count). The van der Waals surface area contributed by atoms with E-state index in [0.29, 0.717) is 13.2 Å². The molecule has 1 unspecified atom stereocenters. The SMILES string of the molecule is CCNCc1coc(COC(C)COCC)c1. The molecule has 0 amide bonds. The van der Waals surface area contributed by atoms with Crippen LogP contribution in [-0.4, -0.2) is 25.9 Å². The van der Waals surface area contributed by atoms with Gasteiger partial charge >= 0.3 is 0 Å². The lowest BCUT2D eigenvalue weighted by atomic mass is 10.3. The van der Waals surface area contributed by atoms with Gasteiger partial charge in [-0.2, -0.15) is 0 Å². The van der Waals surface area contributed by atoms with Gasteiger partial charge in [0, 0.05) is 18.7 Å². The molecular weight excluding hydrogens is 218 g/mol. The second-order valence-corrected chi connectivity index (χ2v) is 3.98. The quantitative estimate of drug-likeness (QED) is 0.720. The molecule has 0 aliphatic rings. The maximum absolute atomic E-state index is 5.61. The predicted octanol–water partition coefficient (Wildman–Crippen LogP) is 2.33. The molecule has 0 saturated carbocycles. The molecule has 0 aliphatic carbocycles. The van der Waals surface area contributed by atoms with Crippen LogP contribution >= 0.6 is 0 Å². The van der Waals surface area contributed by atoms with Crippen molar-refractivity contribution in [2.75, 3.05) is 19.8 Å². The molecule has 4 nitrogen and oxygen atoms in total. The first-order valence-corrected chi connectivity index (χ1v) is 6.22. The topological polar surface area (TPSA) is 43.6 Å². The summed E-state index contributed by atoms with van der Waals surface area (Å²) < 4.78 is 16.3. The third-order valence-corrected chi connectivity index (χ3v) is 2.35. The first-order chi connectivity index (χ1) is 8.26. The zero-order valence-corrected chi connectivity index (χ0v) is 11.0. The van der Waals surface area contributed by atoms with Gasteiger partial charge in [0.1, 0.15) is 12.4 Å². The van der Waals surface area contributed by atoms with Crippen LogP contribution in [0.2, 0.25) is 0 Å². The van der Waals surface area contributed by atoms with Crippen LogP contribution in [0, 0.1) is 0 Å². The minimum Gasteiger partial charge on any atom is -0.467 e. The summed E-state index contributed by atoms with van der Waals surface area (Å²) in [6, 6.07) is 2.02. The number of ether oxygens (including phenoxy) is 2. The fraction of sp³-hybridized carbons (Fsp3) is 0.692. The van der Waals surface area contributed by atoms with Crippen LogP contribution in [0.15, 0.2) is 16.7 Å². The Balaban J connectivity index is 2.24. The highest BCUT2D eigenvalue weighted by Crippen LogP contribution is 2.10. The van der Waals surface area contributed by atoms with Crippen LogP contribution in [0.1, 0.15) is 32.1 Å². The van der Waals surface area contributed by atoms with Crippen molar-refractivity contribution in [3.05, 3.63) is 23.7 Å². The molecule has 17 heavy (non-hydrogen) atoms. The van der Waals surface area contributed by atoms with E-state index in [1.54, 1.807) is 6.26 Å². The lowest BCUT2D eigenvalue weighted by Gasteiger charge is -2.11. The highest BCUT2D eigenvalue weighted by atomic mass is 16.5. The maximum atomic E-state index is 5.61. The van der Waals surface area contributed by atoms with E-state index in [0.717, 1.165) is 31.0 Å². The van der Waals surface area contributed by atoms with Crippen molar-refractivity contribution < 1.29 is 13.9 Å². The van der Waals surface area contributed by atoms with Crippen molar-refractivity contribution in [3.8, 4) is 0 Å². The molecule has 0 fully saturated rings. The molecule has 0 aromatic carbocycles. The highest BCUT2D eigenvalue weighted by Gasteiger charge is 2.05. The molecule has 0 spiro atoms. The molecular formula is C13H23NO3. The van der Waals surface area contributed by atoms with Crippen LogP contribution in [0.5, 0.6) is 0 Å². The Bertz CT molecular complexity index is 299. The van der Waals surface area contributed by atoms with Crippen LogP contribution in [-0.2, 0) is 22.6 Å². The van der Waals surface area contributed by atoms with Gasteiger partial charge < -0.3 is 19.2 Å². The third-order valence-electron chi connectivity index (χ3n) is 2.35. The van der Waals surface area contributed by atoms with Crippen molar-refractivity contribution in [2.45, 2.75) is 40.0 Å². The van der Waals surface area contributed by atoms with E-state index in [4.69, 9.17) is 13.9 Å². The summed E-state index contributed by atoms with van der Waals surface area (Å²) in [5.41, 5.74) is 1.16. The zero-order chi connectivity index (χ0) is 12.5. The van der Waals surface area contributed by atoms with E-state index in [9.17, 15) is 0 Å². The average molecular weight is 241 g/mol. The van der Waals surface area contributed by atoms with E-state index in [2.05, 4.69) is 12.2 Å². The summed E-state index contributed by atoms with van der Waals surface area (Å²) in [7, 11) is 0. The minimum absolute atomic E-state index is 0.0947. The van der Waals surface area contributed by atoms with E-state index in [1.165, 1.54) is 0 Å². The molecule has 0 saturated heterocycles. The van der Waals surface area contributed by atoms with E-state index in [-0.39, 0.29) is 6.10 Å². The standard InChI is InChI=1S/C13H23NO3/c1-4-14-7-12-6-13(17-9-12)10-16-11(3)8-15-5-2/h6,9,11,14H,4-5,7-8,10H2,1-3H3. The average Bonchev–Trinajstić information content (AvgIpc) is 2.79. The molecule has 1 heterocycles. The molecule has 1 N–H and O–H groups in total.